The number of hydrogen-bond acceptors (Lipinski definition) is 3. The number of nitrogens with zero attached hydrogens (tertiary/aromatic N) is 1. The Labute approximate surface area is 116 Å². The fraction of sp³-hybridized carbons (Fsp3) is 0.688. The van der Waals surface area contributed by atoms with Gasteiger partial charge in [-0.15, -0.1) is 0 Å². The van der Waals surface area contributed by atoms with Crippen molar-refractivity contribution in [1.82, 2.24) is 4.98 Å². The molecule has 0 radical (unpaired) electrons. The summed E-state index contributed by atoms with van der Waals surface area (Å²) in [6.07, 6.45) is 6.82. The molecule has 1 heterocycles. The molecule has 1 unspecified atom stereocenters. The summed E-state index contributed by atoms with van der Waals surface area (Å²) in [6.45, 7) is 4.65. The van der Waals surface area contributed by atoms with Crippen molar-refractivity contribution < 1.29 is 4.74 Å². The first-order chi connectivity index (χ1) is 9.13. The first kappa shape index (κ1) is 14.3. The monoisotopic (exact) mass is 262 g/mol. The van der Waals surface area contributed by atoms with Gasteiger partial charge in [-0.05, 0) is 55.6 Å². The molecule has 1 fully saturated rings. The van der Waals surface area contributed by atoms with Crippen LogP contribution < -0.4 is 10.5 Å². The van der Waals surface area contributed by atoms with Gasteiger partial charge in [0.25, 0.3) is 0 Å². The van der Waals surface area contributed by atoms with E-state index in [1.54, 1.807) is 13.3 Å². The third kappa shape index (κ3) is 3.27. The summed E-state index contributed by atoms with van der Waals surface area (Å²) in [5.74, 6) is 3.02. The largest absolute Gasteiger partial charge is 0.495 e. The lowest BCUT2D eigenvalue weighted by Crippen LogP contribution is -2.28. The molecule has 1 aromatic heterocycles. The molecule has 0 aromatic carbocycles. The van der Waals surface area contributed by atoms with Crippen molar-refractivity contribution >= 4 is 0 Å². The minimum atomic E-state index is 0.00395. The van der Waals surface area contributed by atoms with E-state index in [-0.39, 0.29) is 6.04 Å². The molecular formula is C16H26N2O. The Bertz CT molecular complexity index is 397. The SMILES string of the molecule is COc1cccnc1C(N)C1CCC(C(C)C)CC1. The second kappa shape index (κ2) is 6.38. The average molecular weight is 262 g/mol. The third-order valence-corrected chi connectivity index (χ3v) is 4.60. The van der Waals surface area contributed by atoms with Gasteiger partial charge in [-0.3, -0.25) is 4.98 Å². The van der Waals surface area contributed by atoms with Gasteiger partial charge in [-0.1, -0.05) is 13.8 Å². The number of nitrogens with two attached hydrogens (primary N) is 1. The molecule has 0 aliphatic heterocycles. The molecule has 106 valence electrons. The van der Waals surface area contributed by atoms with Gasteiger partial charge in [0.05, 0.1) is 18.8 Å². The highest BCUT2D eigenvalue weighted by molar-refractivity contribution is 5.29. The van der Waals surface area contributed by atoms with Gasteiger partial charge in [-0.2, -0.15) is 0 Å². The summed E-state index contributed by atoms with van der Waals surface area (Å²) < 4.78 is 5.37. The summed E-state index contributed by atoms with van der Waals surface area (Å²) in [5, 5.41) is 0. The van der Waals surface area contributed by atoms with Crippen molar-refractivity contribution in [2.24, 2.45) is 23.5 Å². The summed E-state index contributed by atoms with van der Waals surface area (Å²) in [4.78, 5) is 4.43. The molecule has 0 amide bonds. The Kier molecular flexibility index (Phi) is 4.81. The lowest BCUT2D eigenvalue weighted by molar-refractivity contribution is 0.201. The van der Waals surface area contributed by atoms with Crippen LogP contribution in [-0.2, 0) is 0 Å². The van der Waals surface area contributed by atoms with E-state index < -0.39 is 0 Å². The Morgan fingerprint density at radius 3 is 2.42 bits per heavy atom. The van der Waals surface area contributed by atoms with Crippen LogP contribution in [0.25, 0.3) is 0 Å². The van der Waals surface area contributed by atoms with Crippen LogP contribution in [-0.4, -0.2) is 12.1 Å². The minimum Gasteiger partial charge on any atom is -0.495 e. The number of pyridine rings is 1. The Hall–Kier alpha value is -1.09. The predicted molar refractivity (Wildman–Crippen MR) is 78.0 cm³/mol. The highest BCUT2D eigenvalue weighted by Crippen LogP contribution is 2.39. The maximum atomic E-state index is 6.43. The van der Waals surface area contributed by atoms with Gasteiger partial charge in [0.15, 0.2) is 0 Å². The van der Waals surface area contributed by atoms with E-state index >= 15 is 0 Å². The molecule has 1 saturated carbocycles. The fourth-order valence-corrected chi connectivity index (χ4v) is 3.22. The molecule has 0 saturated heterocycles. The molecule has 1 aliphatic rings. The Morgan fingerprint density at radius 1 is 1.21 bits per heavy atom. The van der Waals surface area contributed by atoms with E-state index in [1.165, 1.54) is 25.7 Å². The summed E-state index contributed by atoms with van der Waals surface area (Å²) in [5.41, 5.74) is 7.34. The van der Waals surface area contributed by atoms with Crippen LogP contribution >= 0.6 is 0 Å². The molecule has 1 aliphatic carbocycles. The first-order valence-electron chi connectivity index (χ1n) is 7.38. The van der Waals surface area contributed by atoms with Gasteiger partial charge in [0, 0.05) is 6.20 Å². The molecule has 3 heteroatoms. The third-order valence-electron chi connectivity index (χ3n) is 4.60. The van der Waals surface area contributed by atoms with Crippen molar-refractivity contribution in [3.05, 3.63) is 24.0 Å². The van der Waals surface area contributed by atoms with E-state index in [1.807, 2.05) is 12.1 Å². The molecule has 3 nitrogen and oxygen atoms in total. The number of methoxy groups -OCH3 is 1. The van der Waals surface area contributed by atoms with E-state index in [4.69, 9.17) is 10.5 Å². The molecule has 0 bridgehead atoms. The zero-order valence-corrected chi connectivity index (χ0v) is 12.3. The van der Waals surface area contributed by atoms with Gasteiger partial charge in [0.1, 0.15) is 5.75 Å². The molecular weight excluding hydrogens is 236 g/mol. The highest BCUT2D eigenvalue weighted by atomic mass is 16.5. The number of ether oxygens (including phenoxy) is 1. The van der Waals surface area contributed by atoms with Crippen molar-refractivity contribution in [3.63, 3.8) is 0 Å². The second-order valence-corrected chi connectivity index (χ2v) is 6.04. The van der Waals surface area contributed by atoms with E-state index in [2.05, 4.69) is 18.8 Å². The van der Waals surface area contributed by atoms with E-state index in [9.17, 15) is 0 Å². The molecule has 2 rings (SSSR count). The van der Waals surface area contributed by atoms with Crippen LogP contribution in [0.5, 0.6) is 5.75 Å². The molecule has 0 spiro atoms. The average Bonchev–Trinajstić information content (AvgIpc) is 2.46. The quantitative estimate of drug-likeness (QED) is 0.902. The number of aromatic nitrogens is 1. The summed E-state index contributed by atoms with van der Waals surface area (Å²) in [7, 11) is 1.68. The van der Waals surface area contributed by atoms with Crippen LogP contribution in [0.4, 0.5) is 0 Å². The summed E-state index contributed by atoms with van der Waals surface area (Å²) in [6, 6.07) is 3.84. The second-order valence-electron chi connectivity index (χ2n) is 6.04. The van der Waals surface area contributed by atoms with Crippen molar-refractivity contribution in [1.29, 1.82) is 0 Å². The van der Waals surface area contributed by atoms with Gasteiger partial charge >= 0.3 is 0 Å². The van der Waals surface area contributed by atoms with Gasteiger partial charge < -0.3 is 10.5 Å². The Balaban J connectivity index is 2.03. The van der Waals surface area contributed by atoms with Crippen LogP contribution in [0.2, 0.25) is 0 Å². The normalized spacial score (nSPS) is 25.3. The van der Waals surface area contributed by atoms with Gasteiger partial charge in [-0.25, -0.2) is 0 Å². The number of rotatable bonds is 4. The van der Waals surface area contributed by atoms with Crippen LogP contribution in [0.15, 0.2) is 18.3 Å². The lowest BCUT2D eigenvalue weighted by atomic mass is 9.74. The standard InChI is InChI=1S/C16H26N2O/c1-11(2)12-6-8-13(9-7-12)15(17)16-14(19-3)5-4-10-18-16/h4-5,10-13,15H,6-9,17H2,1-3H3. The first-order valence-corrected chi connectivity index (χ1v) is 7.38. The molecule has 1 aromatic rings. The smallest absolute Gasteiger partial charge is 0.141 e. The van der Waals surface area contributed by atoms with Crippen LogP contribution in [0, 0.1) is 17.8 Å². The topological polar surface area (TPSA) is 48.1 Å². The minimum absolute atomic E-state index is 0.00395. The predicted octanol–water partition coefficient (Wildman–Crippen LogP) is 3.55. The van der Waals surface area contributed by atoms with Crippen LogP contribution in [0.3, 0.4) is 0 Å². The molecule has 1 atom stereocenters. The summed E-state index contributed by atoms with van der Waals surface area (Å²) >= 11 is 0. The zero-order valence-electron chi connectivity index (χ0n) is 12.3. The maximum absolute atomic E-state index is 6.43. The maximum Gasteiger partial charge on any atom is 0.141 e. The van der Waals surface area contributed by atoms with Crippen LogP contribution in [0.1, 0.15) is 51.3 Å². The van der Waals surface area contributed by atoms with E-state index in [0.29, 0.717) is 5.92 Å². The van der Waals surface area contributed by atoms with Crippen molar-refractivity contribution in [3.8, 4) is 5.75 Å². The van der Waals surface area contributed by atoms with Crippen molar-refractivity contribution in [2.45, 2.75) is 45.6 Å². The molecule has 2 N–H and O–H groups in total. The van der Waals surface area contributed by atoms with E-state index in [0.717, 1.165) is 23.3 Å². The fourth-order valence-electron chi connectivity index (χ4n) is 3.22. The number of hydrogen-bond donors (Lipinski definition) is 1. The highest BCUT2D eigenvalue weighted by Gasteiger charge is 2.29. The van der Waals surface area contributed by atoms with Crippen molar-refractivity contribution in [2.75, 3.05) is 7.11 Å². The Morgan fingerprint density at radius 2 is 1.84 bits per heavy atom. The molecule has 19 heavy (non-hydrogen) atoms. The zero-order chi connectivity index (χ0) is 13.8. The lowest BCUT2D eigenvalue weighted by Gasteiger charge is -2.34. The van der Waals surface area contributed by atoms with Gasteiger partial charge in [0.2, 0.25) is 0 Å².